The minimum atomic E-state index is -0.368. The fraction of sp³-hybridized carbons (Fsp3) is 0.312. The van der Waals surface area contributed by atoms with Crippen molar-refractivity contribution >= 4 is 16.9 Å². The van der Waals surface area contributed by atoms with Gasteiger partial charge in [-0.3, -0.25) is 0 Å². The molecule has 0 spiro atoms. The fourth-order valence-electron chi connectivity index (χ4n) is 2.36. The van der Waals surface area contributed by atoms with Gasteiger partial charge in [0.25, 0.3) is 0 Å². The van der Waals surface area contributed by atoms with Crippen molar-refractivity contribution in [3.8, 4) is 0 Å². The van der Waals surface area contributed by atoms with E-state index >= 15 is 0 Å². The third-order valence-corrected chi connectivity index (χ3v) is 3.37. The van der Waals surface area contributed by atoms with E-state index in [9.17, 15) is 4.79 Å². The Morgan fingerprint density at radius 3 is 3.05 bits per heavy atom. The molecule has 6 heteroatoms. The van der Waals surface area contributed by atoms with Crippen LogP contribution in [0.4, 0.5) is 0 Å². The number of para-hydroxylation sites is 1. The van der Waals surface area contributed by atoms with Crippen LogP contribution in [-0.4, -0.2) is 25.7 Å². The summed E-state index contributed by atoms with van der Waals surface area (Å²) in [4.78, 5) is 19.5. The number of hydrogen-bond donors (Lipinski definition) is 1. The molecule has 0 amide bonds. The van der Waals surface area contributed by atoms with Gasteiger partial charge in [0.2, 0.25) is 0 Å². The lowest BCUT2D eigenvalue weighted by Gasteiger charge is -2.09. The molecule has 3 aromatic rings. The molecular formula is C16H18N4O2. The van der Waals surface area contributed by atoms with Crippen molar-refractivity contribution in [1.82, 2.24) is 19.7 Å². The molecular weight excluding hydrogens is 280 g/mol. The number of benzene rings is 1. The first-order valence-electron chi connectivity index (χ1n) is 7.25. The van der Waals surface area contributed by atoms with Gasteiger partial charge in [0.1, 0.15) is 6.33 Å². The third-order valence-electron chi connectivity index (χ3n) is 3.37. The van der Waals surface area contributed by atoms with Gasteiger partial charge in [-0.25, -0.2) is 14.5 Å². The van der Waals surface area contributed by atoms with Crippen molar-refractivity contribution in [2.24, 2.45) is 5.92 Å². The van der Waals surface area contributed by atoms with E-state index in [2.05, 4.69) is 28.9 Å². The zero-order valence-corrected chi connectivity index (χ0v) is 12.6. The van der Waals surface area contributed by atoms with Crippen LogP contribution in [0.5, 0.6) is 0 Å². The second-order valence-electron chi connectivity index (χ2n) is 5.58. The Kier molecular flexibility index (Phi) is 3.91. The molecule has 2 aromatic heterocycles. The van der Waals surface area contributed by atoms with Gasteiger partial charge in [-0.05, 0) is 18.1 Å². The molecule has 0 aliphatic heterocycles. The maximum absolute atomic E-state index is 12.3. The summed E-state index contributed by atoms with van der Waals surface area (Å²) < 4.78 is 7.16. The monoisotopic (exact) mass is 298 g/mol. The SMILES string of the molecule is CC(C)Cn1ncnc1COC(=O)c1cccc2cc[nH]c12. The summed E-state index contributed by atoms with van der Waals surface area (Å²) in [6, 6.07) is 7.46. The molecule has 22 heavy (non-hydrogen) atoms. The highest BCUT2D eigenvalue weighted by atomic mass is 16.5. The molecule has 114 valence electrons. The van der Waals surface area contributed by atoms with Crippen LogP contribution in [0.2, 0.25) is 0 Å². The van der Waals surface area contributed by atoms with E-state index in [0.717, 1.165) is 17.4 Å². The Morgan fingerprint density at radius 1 is 1.36 bits per heavy atom. The Balaban J connectivity index is 1.73. The average Bonchev–Trinajstić information content (AvgIpc) is 3.12. The third kappa shape index (κ3) is 2.86. The average molecular weight is 298 g/mol. The second-order valence-corrected chi connectivity index (χ2v) is 5.58. The van der Waals surface area contributed by atoms with Crippen LogP contribution in [0.15, 0.2) is 36.8 Å². The summed E-state index contributed by atoms with van der Waals surface area (Å²) in [5.74, 6) is 0.733. The van der Waals surface area contributed by atoms with E-state index < -0.39 is 0 Å². The maximum atomic E-state index is 12.3. The number of nitrogens with zero attached hydrogens (tertiary/aromatic N) is 3. The van der Waals surface area contributed by atoms with E-state index in [1.54, 1.807) is 16.9 Å². The van der Waals surface area contributed by atoms with Crippen LogP contribution < -0.4 is 0 Å². The number of aromatic nitrogens is 4. The molecule has 0 saturated carbocycles. The van der Waals surface area contributed by atoms with E-state index in [4.69, 9.17) is 4.74 Å². The quantitative estimate of drug-likeness (QED) is 0.735. The molecule has 0 fully saturated rings. The number of ether oxygens (including phenoxy) is 1. The standard InChI is InChI=1S/C16H18N4O2/c1-11(2)8-20-14(18-10-19-20)9-22-16(21)13-5-3-4-12-6-7-17-15(12)13/h3-7,10-11,17H,8-9H2,1-2H3. The van der Waals surface area contributed by atoms with Crippen molar-refractivity contribution in [3.05, 3.63) is 48.2 Å². The van der Waals surface area contributed by atoms with E-state index in [0.29, 0.717) is 17.3 Å². The van der Waals surface area contributed by atoms with Crippen LogP contribution in [0, 0.1) is 5.92 Å². The molecule has 2 heterocycles. The number of H-pyrrole nitrogens is 1. The number of esters is 1. The number of fused-ring (bicyclic) bond motifs is 1. The van der Waals surface area contributed by atoms with Gasteiger partial charge in [-0.1, -0.05) is 26.0 Å². The highest BCUT2D eigenvalue weighted by Gasteiger charge is 2.14. The van der Waals surface area contributed by atoms with Gasteiger partial charge in [0.15, 0.2) is 12.4 Å². The largest absolute Gasteiger partial charge is 0.454 e. The number of rotatable bonds is 5. The van der Waals surface area contributed by atoms with E-state index in [1.165, 1.54) is 6.33 Å². The number of carbonyl (C=O) groups excluding carboxylic acids is 1. The van der Waals surface area contributed by atoms with Crippen LogP contribution in [0.25, 0.3) is 10.9 Å². The summed E-state index contributed by atoms with van der Waals surface area (Å²) in [5.41, 5.74) is 1.31. The van der Waals surface area contributed by atoms with Crippen molar-refractivity contribution in [3.63, 3.8) is 0 Å². The zero-order chi connectivity index (χ0) is 15.5. The second kappa shape index (κ2) is 6.01. The number of carbonyl (C=O) groups is 1. The van der Waals surface area contributed by atoms with Gasteiger partial charge >= 0.3 is 5.97 Å². The molecule has 0 aliphatic rings. The lowest BCUT2D eigenvalue weighted by molar-refractivity contribution is 0.0458. The Bertz CT molecular complexity index is 788. The van der Waals surface area contributed by atoms with Gasteiger partial charge in [0.05, 0.1) is 11.1 Å². The first-order valence-corrected chi connectivity index (χ1v) is 7.25. The van der Waals surface area contributed by atoms with Gasteiger partial charge < -0.3 is 9.72 Å². The smallest absolute Gasteiger partial charge is 0.340 e. The Labute approximate surface area is 128 Å². The minimum absolute atomic E-state index is 0.114. The van der Waals surface area contributed by atoms with Crippen LogP contribution >= 0.6 is 0 Å². The minimum Gasteiger partial charge on any atom is -0.454 e. The summed E-state index contributed by atoms with van der Waals surface area (Å²) >= 11 is 0. The predicted octanol–water partition coefficient (Wildman–Crippen LogP) is 2.77. The van der Waals surface area contributed by atoms with Gasteiger partial charge in [0, 0.05) is 18.1 Å². The molecule has 1 aromatic carbocycles. The lowest BCUT2D eigenvalue weighted by Crippen LogP contribution is -2.13. The summed E-state index contributed by atoms with van der Waals surface area (Å²) in [6.07, 6.45) is 3.29. The molecule has 0 saturated heterocycles. The van der Waals surface area contributed by atoms with Crippen LogP contribution in [0.1, 0.15) is 30.0 Å². The van der Waals surface area contributed by atoms with Crippen LogP contribution in [-0.2, 0) is 17.9 Å². The molecule has 6 nitrogen and oxygen atoms in total. The number of aromatic amines is 1. The topological polar surface area (TPSA) is 72.8 Å². The molecule has 0 unspecified atom stereocenters. The molecule has 1 N–H and O–H groups in total. The van der Waals surface area contributed by atoms with Crippen molar-refractivity contribution in [2.75, 3.05) is 0 Å². The summed E-state index contributed by atoms with van der Waals surface area (Å²) in [7, 11) is 0. The zero-order valence-electron chi connectivity index (χ0n) is 12.6. The van der Waals surface area contributed by atoms with E-state index in [-0.39, 0.29) is 12.6 Å². The Hall–Kier alpha value is -2.63. The normalized spacial score (nSPS) is 11.2. The summed E-state index contributed by atoms with van der Waals surface area (Å²) in [5, 5.41) is 5.14. The highest BCUT2D eigenvalue weighted by molar-refractivity contribution is 6.02. The first-order chi connectivity index (χ1) is 10.6. The van der Waals surface area contributed by atoms with Gasteiger partial charge in [-0.2, -0.15) is 5.10 Å². The first kappa shape index (κ1) is 14.3. The van der Waals surface area contributed by atoms with Crippen molar-refractivity contribution in [1.29, 1.82) is 0 Å². The van der Waals surface area contributed by atoms with E-state index in [1.807, 2.05) is 18.2 Å². The predicted molar refractivity (Wildman–Crippen MR) is 82.3 cm³/mol. The lowest BCUT2D eigenvalue weighted by atomic mass is 10.1. The fourth-order valence-corrected chi connectivity index (χ4v) is 2.36. The highest BCUT2D eigenvalue weighted by Crippen LogP contribution is 2.18. The molecule has 0 aliphatic carbocycles. The molecule has 0 atom stereocenters. The van der Waals surface area contributed by atoms with Crippen molar-refractivity contribution in [2.45, 2.75) is 27.0 Å². The Morgan fingerprint density at radius 2 is 2.23 bits per heavy atom. The molecule has 0 radical (unpaired) electrons. The molecule has 0 bridgehead atoms. The maximum Gasteiger partial charge on any atom is 0.340 e. The molecule has 3 rings (SSSR count). The number of hydrogen-bond acceptors (Lipinski definition) is 4. The summed E-state index contributed by atoms with van der Waals surface area (Å²) in [6.45, 7) is 5.06. The van der Waals surface area contributed by atoms with Gasteiger partial charge in [-0.15, -0.1) is 0 Å². The van der Waals surface area contributed by atoms with Crippen LogP contribution in [0.3, 0.4) is 0 Å². The number of nitrogens with one attached hydrogen (secondary N) is 1. The van der Waals surface area contributed by atoms with Crippen molar-refractivity contribution < 1.29 is 9.53 Å².